The fraction of sp³-hybridized carbons (Fsp3) is 0.471. The van der Waals surface area contributed by atoms with E-state index in [9.17, 15) is 26.7 Å². The van der Waals surface area contributed by atoms with Gasteiger partial charge in [0.2, 0.25) is 5.91 Å². The van der Waals surface area contributed by atoms with E-state index in [4.69, 9.17) is 0 Å². The number of nitrogens with one attached hydrogen (secondary N) is 1. The van der Waals surface area contributed by atoms with Gasteiger partial charge in [0.25, 0.3) is 6.08 Å². The van der Waals surface area contributed by atoms with Crippen LogP contribution in [0.1, 0.15) is 31.2 Å². The number of imidazole rings is 1. The van der Waals surface area contributed by atoms with Crippen LogP contribution in [0.25, 0.3) is 5.65 Å². The van der Waals surface area contributed by atoms with Crippen molar-refractivity contribution in [1.82, 2.24) is 19.5 Å². The Balaban J connectivity index is 1.97. The number of nitrogens with zero attached hydrogens (tertiary/aromatic N) is 4. The van der Waals surface area contributed by atoms with Crippen molar-refractivity contribution in [3.63, 3.8) is 0 Å². The van der Waals surface area contributed by atoms with Crippen LogP contribution in [0, 0.1) is 5.92 Å². The predicted octanol–water partition coefficient (Wildman–Crippen LogP) is 3.70. The van der Waals surface area contributed by atoms with Gasteiger partial charge in [0, 0.05) is 25.4 Å². The number of carbonyl (C=O) groups is 1. The number of fused-ring (bicyclic) bond motifs is 1. The van der Waals surface area contributed by atoms with E-state index in [1.54, 1.807) is 0 Å². The first-order valence-electron chi connectivity index (χ1n) is 8.69. The first-order valence-corrected chi connectivity index (χ1v) is 8.69. The maximum absolute atomic E-state index is 13.5. The van der Waals surface area contributed by atoms with E-state index in [0.717, 1.165) is 15.8 Å². The monoisotopic (exact) mass is 403 g/mol. The van der Waals surface area contributed by atoms with Gasteiger partial charge in [-0.25, -0.2) is 9.50 Å². The lowest BCUT2D eigenvalue weighted by Gasteiger charge is -2.17. The summed E-state index contributed by atoms with van der Waals surface area (Å²) in [6.45, 7) is 2.01. The van der Waals surface area contributed by atoms with Gasteiger partial charge in [-0.15, -0.1) is 5.10 Å². The van der Waals surface area contributed by atoms with Gasteiger partial charge in [-0.3, -0.25) is 4.79 Å². The van der Waals surface area contributed by atoms with Crippen molar-refractivity contribution in [3.05, 3.63) is 35.7 Å². The summed E-state index contributed by atoms with van der Waals surface area (Å²) in [6.07, 6.45) is -5.38. The molecule has 1 aliphatic rings. The number of halogens is 5. The van der Waals surface area contributed by atoms with Crippen molar-refractivity contribution in [3.8, 4) is 0 Å². The van der Waals surface area contributed by atoms with Crippen molar-refractivity contribution in [2.24, 2.45) is 5.92 Å². The minimum Gasteiger partial charge on any atom is -0.369 e. The number of hydrogen-bond acceptors (Lipinski definition) is 4. The molecule has 1 aliphatic heterocycles. The second kappa shape index (κ2) is 7.72. The first-order chi connectivity index (χ1) is 13.2. The second-order valence-electron chi connectivity index (χ2n) is 6.51. The zero-order valence-electron chi connectivity index (χ0n) is 14.9. The smallest absolute Gasteiger partial charge is 0.369 e. The molecular formula is C17H18F5N5O. The molecule has 28 heavy (non-hydrogen) atoms. The molecule has 1 saturated heterocycles. The molecule has 0 aromatic carbocycles. The lowest BCUT2D eigenvalue weighted by atomic mass is 10.1. The van der Waals surface area contributed by atoms with Crippen LogP contribution in [0.2, 0.25) is 0 Å². The third kappa shape index (κ3) is 4.23. The van der Waals surface area contributed by atoms with Gasteiger partial charge in [0.05, 0.1) is 12.2 Å². The van der Waals surface area contributed by atoms with Crippen LogP contribution in [-0.4, -0.2) is 38.5 Å². The summed E-state index contributed by atoms with van der Waals surface area (Å²) in [6, 6.07) is 2.92. The lowest BCUT2D eigenvalue weighted by molar-refractivity contribution is -0.142. The average Bonchev–Trinajstić information content (AvgIpc) is 3.13. The Labute approximate surface area is 157 Å². The molecule has 0 bridgehead atoms. The second-order valence-corrected chi connectivity index (χ2v) is 6.51. The topological polar surface area (TPSA) is 62.5 Å². The van der Waals surface area contributed by atoms with Crippen LogP contribution in [-0.2, 0) is 17.5 Å². The fourth-order valence-electron chi connectivity index (χ4n) is 3.12. The minimum atomic E-state index is -4.74. The van der Waals surface area contributed by atoms with Crippen LogP contribution < -0.4 is 5.32 Å². The van der Waals surface area contributed by atoms with Crippen molar-refractivity contribution < 1.29 is 26.7 Å². The summed E-state index contributed by atoms with van der Waals surface area (Å²) in [5.41, 5.74) is -1.46. The van der Waals surface area contributed by atoms with Crippen molar-refractivity contribution in [2.75, 3.05) is 18.4 Å². The number of carbonyl (C=O) groups excluding carboxylic acids is 1. The molecule has 6 nitrogen and oxygen atoms in total. The summed E-state index contributed by atoms with van der Waals surface area (Å²) in [5.74, 6) is -0.860. The molecule has 0 aliphatic carbocycles. The van der Waals surface area contributed by atoms with Gasteiger partial charge in [0.1, 0.15) is 5.82 Å². The average molecular weight is 403 g/mol. The highest BCUT2D eigenvalue weighted by molar-refractivity contribution is 5.79. The van der Waals surface area contributed by atoms with Gasteiger partial charge in [-0.1, -0.05) is 6.92 Å². The number of hydrogen-bond donors (Lipinski definition) is 1. The van der Waals surface area contributed by atoms with Gasteiger partial charge >= 0.3 is 6.18 Å². The quantitative estimate of drug-likeness (QED) is 0.748. The summed E-state index contributed by atoms with van der Waals surface area (Å²) in [7, 11) is 0. The fourth-order valence-corrected chi connectivity index (χ4v) is 3.12. The zero-order chi connectivity index (χ0) is 20.5. The molecule has 0 radical (unpaired) electrons. The summed E-state index contributed by atoms with van der Waals surface area (Å²) >= 11 is 0. The largest absolute Gasteiger partial charge is 0.435 e. The summed E-state index contributed by atoms with van der Waals surface area (Å²) in [5, 5.41) is 7.13. The molecule has 2 aromatic rings. The maximum Gasteiger partial charge on any atom is 0.435 e. The van der Waals surface area contributed by atoms with Gasteiger partial charge in [-0.05, 0) is 24.6 Å². The molecule has 3 rings (SSSR count). The molecule has 1 fully saturated rings. The zero-order valence-corrected chi connectivity index (χ0v) is 14.9. The standard InChI is InChI=1S/C17H18F5N5O/c1-2-5-23-13-3-4-14-24-16(17(20,21)22)11(27(14)25-13)9-26-8-10(6-12(18)19)7-15(26)28/h3-4,6,10H,2,5,7-9H2,1H3,(H,23,25). The summed E-state index contributed by atoms with van der Waals surface area (Å²) in [4.78, 5) is 16.8. The Morgan fingerprint density at radius 1 is 1.36 bits per heavy atom. The van der Waals surface area contributed by atoms with Gasteiger partial charge in [-0.2, -0.15) is 22.0 Å². The SMILES string of the molecule is CCCNc1ccc2nc(C(F)(F)F)c(CN3CC(C=C(F)F)CC3=O)n2n1. The number of anilines is 1. The van der Waals surface area contributed by atoms with E-state index >= 15 is 0 Å². The van der Waals surface area contributed by atoms with Crippen molar-refractivity contribution in [1.29, 1.82) is 0 Å². The van der Waals surface area contributed by atoms with Crippen LogP contribution in [0.5, 0.6) is 0 Å². The predicted molar refractivity (Wildman–Crippen MR) is 90.6 cm³/mol. The van der Waals surface area contributed by atoms with Crippen molar-refractivity contribution in [2.45, 2.75) is 32.5 Å². The van der Waals surface area contributed by atoms with Crippen LogP contribution >= 0.6 is 0 Å². The molecule has 1 atom stereocenters. The van der Waals surface area contributed by atoms with Crippen molar-refractivity contribution >= 4 is 17.4 Å². The number of rotatable bonds is 6. The normalized spacial score (nSPS) is 17.4. The van der Waals surface area contributed by atoms with E-state index in [2.05, 4.69) is 15.4 Å². The Morgan fingerprint density at radius 2 is 2.11 bits per heavy atom. The maximum atomic E-state index is 13.5. The van der Waals surface area contributed by atoms with Gasteiger partial charge < -0.3 is 10.2 Å². The number of amides is 1. The van der Waals surface area contributed by atoms with E-state index in [1.807, 2.05) is 6.92 Å². The molecule has 0 spiro atoms. The van der Waals surface area contributed by atoms with E-state index in [0.29, 0.717) is 18.4 Å². The van der Waals surface area contributed by atoms with Gasteiger partial charge in [0.15, 0.2) is 11.3 Å². The highest BCUT2D eigenvalue weighted by Crippen LogP contribution is 2.33. The number of alkyl halides is 3. The molecule has 152 valence electrons. The minimum absolute atomic E-state index is 0.0118. The number of aromatic nitrogens is 3. The Hall–Kier alpha value is -2.72. The molecule has 0 saturated carbocycles. The van der Waals surface area contributed by atoms with Crippen LogP contribution in [0.3, 0.4) is 0 Å². The Bertz CT molecular complexity index is 903. The van der Waals surface area contributed by atoms with E-state index in [-0.39, 0.29) is 24.3 Å². The number of likely N-dealkylation sites (tertiary alicyclic amines) is 1. The Kier molecular flexibility index (Phi) is 5.52. The molecule has 1 amide bonds. The molecule has 11 heteroatoms. The summed E-state index contributed by atoms with van der Waals surface area (Å²) < 4.78 is 66.4. The van der Waals surface area contributed by atoms with Crippen LogP contribution in [0.15, 0.2) is 24.3 Å². The molecule has 1 N–H and O–H groups in total. The van der Waals surface area contributed by atoms with E-state index < -0.39 is 36.3 Å². The highest BCUT2D eigenvalue weighted by atomic mass is 19.4. The Morgan fingerprint density at radius 3 is 2.75 bits per heavy atom. The highest BCUT2D eigenvalue weighted by Gasteiger charge is 2.40. The molecular weight excluding hydrogens is 385 g/mol. The first kappa shape index (κ1) is 20.0. The lowest BCUT2D eigenvalue weighted by Crippen LogP contribution is -2.27. The van der Waals surface area contributed by atoms with E-state index in [1.165, 1.54) is 12.1 Å². The molecule has 1 unspecified atom stereocenters. The molecule has 2 aromatic heterocycles. The van der Waals surface area contributed by atoms with Crippen LogP contribution in [0.4, 0.5) is 27.8 Å². The third-order valence-corrected chi connectivity index (χ3v) is 4.34. The third-order valence-electron chi connectivity index (χ3n) is 4.34. The molecule has 3 heterocycles.